The van der Waals surface area contributed by atoms with Gasteiger partial charge in [-0.2, -0.15) is 0 Å². The lowest BCUT2D eigenvalue weighted by Crippen LogP contribution is -2.20. The van der Waals surface area contributed by atoms with Crippen LogP contribution >= 0.6 is 23.5 Å². The molecule has 0 saturated carbocycles. The third-order valence-electron chi connectivity index (χ3n) is 3.22. The summed E-state index contributed by atoms with van der Waals surface area (Å²) >= 11 is 4.26. The lowest BCUT2D eigenvalue weighted by Gasteiger charge is -2.19. The molecule has 0 bridgehead atoms. The van der Waals surface area contributed by atoms with Gasteiger partial charge in [-0.1, -0.05) is 0 Å². The molecule has 1 atom stereocenters. The average molecular weight is 345 g/mol. The molecular weight excluding hydrogens is 322 g/mol. The summed E-state index contributed by atoms with van der Waals surface area (Å²) in [6.45, 7) is 1.20. The van der Waals surface area contributed by atoms with Crippen molar-refractivity contribution in [2.24, 2.45) is 0 Å². The summed E-state index contributed by atoms with van der Waals surface area (Å²) < 4.78 is 0.827. The van der Waals surface area contributed by atoms with Gasteiger partial charge >= 0.3 is 11.9 Å². The van der Waals surface area contributed by atoms with E-state index >= 15 is 0 Å². The molecule has 2 aliphatic rings. The summed E-state index contributed by atoms with van der Waals surface area (Å²) in [6.07, 6.45) is 7.48. The summed E-state index contributed by atoms with van der Waals surface area (Å²) in [5.41, 5.74) is 0. The van der Waals surface area contributed by atoms with Crippen molar-refractivity contribution in [1.29, 1.82) is 0 Å². The van der Waals surface area contributed by atoms with E-state index in [0.717, 1.165) is 17.4 Å². The van der Waals surface area contributed by atoms with Crippen LogP contribution in [0.5, 0.6) is 0 Å². The maximum Gasteiger partial charge on any atom is 0.414 e. The first-order valence-corrected chi connectivity index (χ1v) is 9.58. The van der Waals surface area contributed by atoms with Crippen molar-refractivity contribution in [3.05, 3.63) is 0 Å². The molecule has 0 aliphatic carbocycles. The van der Waals surface area contributed by atoms with Crippen LogP contribution in [0.4, 0.5) is 0 Å². The fourth-order valence-electron chi connectivity index (χ4n) is 2.11. The van der Waals surface area contributed by atoms with Gasteiger partial charge in [0.15, 0.2) is 0 Å². The second kappa shape index (κ2) is 11.7. The third-order valence-corrected chi connectivity index (χ3v) is 6.30. The van der Waals surface area contributed by atoms with Crippen molar-refractivity contribution in [3.63, 3.8) is 0 Å². The number of hydrogen-bond acceptors (Lipinski definition) is 5. The zero-order chi connectivity index (χ0) is 16.2. The second-order valence-corrected chi connectivity index (χ2v) is 7.94. The van der Waals surface area contributed by atoms with E-state index in [1.165, 1.54) is 43.7 Å². The number of aliphatic carboxylic acids is 2. The molecule has 2 heterocycles. The number of carboxylic acids is 2. The van der Waals surface area contributed by atoms with Gasteiger partial charge in [0, 0.05) is 18.9 Å². The van der Waals surface area contributed by atoms with Crippen molar-refractivity contribution < 1.29 is 19.8 Å². The molecule has 0 radical (unpaired) electrons. The molecule has 0 aromatic rings. The Morgan fingerprint density at radius 2 is 1.77 bits per heavy atom. The zero-order valence-electron chi connectivity index (χ0n) is 12.5. The number of hydrogen-bond donors (Lipinski definition) is 3. The van der Waals surface area contributed by atoms with Gasteiger partial charge in [-0.3, -0.25) is 0 Å². The van der Waals surface area contributed by atoms with Gasteiger partial charge in [-0.15, -0.1) is 35.4 Å². The standard InChI is InChI=1S/C13H21NS2.C2H2O4/c1(2-6-12-7-4-9-14-12)3-8-13-15-10-5-11-16-13;3-1(4)2(5)6/h12-14H,3-11H2;(H,3,4)(H,5,6). The van der Waals surface area contributed by atoms with Gasteiger partial charge in [0.2, 0.25) is 0 Å². The van der Waals surface area contributed by atoms with Gasteiger partial charge in [-0.25, -0.2) is 9.59 Å². The maximum atomic E-state index is 9.10. The minimum absolute atomic E-state index is 0.686. The van der Waals surface area contributed by atoms with E-state index in [4.69, 9.17) is 19.8 Å². The monoisotopic (exact) mass is 345 g/mol. The molecule has 0 amide bonds. The first-order chi connectivity index (χ1) is 10.6. The molecule has 22 heavy (non-hydrogen) atoms. The highest BCUT2D eigenvalue weighted by Crippen LogP contribution is 2.33. The molecule has 124 valence electrons. The number of rotatable bonds is 3. The van der Waals surface area contributed by atoms with E-state index in [-0.39, 0.29) is 0 Å². The summed E-state index contributed by atoms with van der Waals surface area (Å²) in [5, 5.41) is 18.3. The van der Waals surface area contributed by atoms with Crippen LogP contribution in [0.15, 0.2) is 0 Å². The highest BCUT2D eigenvalue weighted by molar-refractivity contribution is 8.17. The normalized spacial score (nSPS) is 21.2. The van der Waals surface area contributed by atoms with Crippen molar-refractivity contribution in [1.82, 2.24) is 5.32 Å². The lowest BCUT2D eigenvalue weighted by molar-refractivity contribution is -0.159. The molecule has 2 aliphatic heterocycles. The van der Waals surface area contributed by atoms with Crippen LogP contribution in [0, 0.1) is 11.8 Å². The minimum Gasteiger partial charge on any atom is -0.473 e. The first-order valence-electron chi connectivity index (χ1n) is 7.48. The highest BCUT2D eigenvalue weighted by Gasteiger charge is 2.13. The van der Waals surface area contributed by atoms with E-state index in [9.17, 15) is 0 Å². The number of nitrogens with one attached hydrogen (secondary N) is 1. The molecule has 2 saturated heterocycles. The third kappa shape index (κ3) is 9.23. The van der Waals surface area contributed by atoms with E-state index in [0.29, 0.717) is 6.04 Å². The van der Waals surface area contributed by atoms with Gasteiger partial charge < -0.3 is 15.5 Å². The fraction of sp³-hybridized carbons (Fsp3) is 0.733. The predicted octanol–water partition coefficient (Wildman–Crippen LogP) is 2.26. The van der Waals surface area contributed by atoms with Crippen LogP contribution < -0.4 is 5.32 Å². The van der Waals surface area contributed by atoms with Crippen LogP contribution in [-0.2, 0) is 9.59 Å². The number of thioether (sulfide) groups is 2. The van der Waals surface area contributed by atoms with E-state index in [1.54, 1.807) is 0 Å². The molecule has 2 fully saturated rings. The molecule has 5 nitrogen and oxygen atoms in total. The smallest absolute Gasteiger partial charge is 0.414 e. The lowest BCUT2D eigenvalue weighted by atomic mass is 10.1. The molecule has 0 aromatic carbocycles. The van der Waals surface area contributed by atoms with Crippen LogP contribution in [-0.4, -0.2) is 50.8 Å². The summed E-state index contributed by atoms with van der Waals surface area (Å²) in [6, 6.07) is 0.686. The Bertz CT molecular complexity index is 396. The Morgan fingerprint density at radius 1 is 1.09 bits per heavy atom. The highest BCUT2D eigenvalue weighted by atomic mass is 32.2. The maximum absolute atomic E-state index is 9.10. The minimum atomic E-state index is -1.82. The molecule has 0 spiro atoms. The van der Waals surface area contributed by atoms with Gasteiger partial charge in [0.05, 0.1) is 4.58 Å². The Hall–Kier alpha value is -0.840. The van der Waals surface area contributed by atoms with Crippen LogP contribution in [0.2, 0.25) is 0 Å². The summed E-state index contributed by atoms with van der Waals surface area (Å²) in [7, 11) is 0. The average Bonchev–Trinajstić information content (AvgIpc) is 3.02. The van der Waals surface area contributed by atoms with E-state index in [1.807, 2.05) is 0 Å². The number of carboxylic acid groups (broad SMARTS) is 2. The predicted molar refractivity (Wildman–Crippen MR) is 91.2 cm³/mol. The topological polar surface area (TPSA) is 86.6 Å². The Balaban J connectivity index is 0.000000346. The Labute approximate surface area is 140 Å². The van der Waals surface area contributed by atoms with Crippen molar-refractivity contribution >= 4 is 35.5 Å². The Kier molecular flexibility index (Phi) is 10.2. The molecule has 2 rings (SSSR count). The van der Waals surface area contributed by atoms with Crippen LogP contribution in [0.25, 0.3) is 0 Å². The fourth-order valence-corrected chi connectivity index (χ4v) is 4.97. The molecule has 1 unspecified atom stereocenters. The van der Waals surface area contributed by atoms with Gasteiger partial charge in [0.25, 0.3) is 0 Å². The van der Waals surface area contributed by atoms with Crippen LogP contribution in [0.1, 0.15) is 38.5 Å². The summed E-state index contributed by atoms with van der Waals surface area (Å²) in [4.78, 5) is 18.2. The quantitative estimate of drug-likeness (QED) is 0.534. The molecule has 7 heteroatoms. The first kappa shape index (κ1) is 19.2. The van der Waals surface area contributed by atoms with Crippen molar-refractivity contribution in [2.75, 3.05) is 18.1 Å². The summed E-state index contributed by atoms with van der Waals surface area (Å²) in [5.74, 6) is 5.75. The largest absolute Gasteiger partial charge is 0.473 e. The molecule has 3 N–H and O–H groups in total. The molecular formula is C15H23NO4S2. The van der Waals surface area contributed by atoms with Crippen molar-refractivity contribution in [3.8, 4) is 11.8 Å². The number of carbonyl (C=O) groups is 2. The van der Waals surface area contributed by atoms with Gasteiger partial charge in [-0.05, 0) is 43.7 Å². The zero-order valence-corrected chi connectivity index (χ0v) is 14.2. The molecule has 0 aromatic heterocycles. The van der Waals surface area contributed by atoms with Gasteiger partial charge in [0.1, 0.15) is 0 Å². The van der Waals surface area contributed by atoms with Crippen molar-refractivity contribution in [2.45, 2.75) is 49.1 Å². The van der Waals surface area contributed by atoms with E-state index in [2.05, 4.69) is 40.7 Å². The van der Waals surface area contributed by atoms with E-state index < -0.39 is 11.9 Å². The second-order valence-electron chi connectivity index (χ2n) is 5.02. The Morgan fingerprint density at radius 3 is 2.32 bits per heavy atom. The SMILES string of the molecule is C(#CCC1CCCN1)CCC1SCCCS1.O=C(O)C(=O)O. The van der Waals surface area contributed by atoms with Crippen LogP contribution in [0.3, 0.4) is 0 Å².